The van der Waals surface area contributed by atoms with Crippen molar-refractivity contribution in [2.75, 3.05) is 19.0 Å². The topological polar surface area (TPSA) is 60.2 Å². The molecule has 1 aromatic rings. The summed E-state index contributed by atoms with van der Waals surface area (Å²) in [5.41, 5.74) is 6.15. The van der Waals surface area contributed by atoms with Crippen LogP contribution < -0.4 is 11.1 Å². The lowest BCUT2D eigenvalue weighted by atomic mass is 10.2. The predicted octanol–water partition coefficient (Wildman–Crippen LogP) is 1.55. The highest BCUT2D eigenvalue weighted by Gasteiger charge is 2.04. The summed E-state index contributed by atoms with van der Waals surface area (Å²) in [4.78, 5) is 4.62. The molecule has 3 N–H and O–H groups in total. The van der Waals surface area contributed by atoms with Crippen LogP contribution in [0.2, 0.25) is 0 Å². The molecule has 0 radical (unpaired) electrons. The van der Waals surface area contributed by atoms with E-state index in [1.807, 2.05) is 12.1 Å². The van der Waals surface area contributed by atoms with Crippen molar-refractivity contribution in [3.05, 3.63) is 23.9 Å². The number of nitrogens with one attached hydrogen (secondary N) is 1. The van der Waals surface area contributed by atoms with Gasteiger partial charge in [0, 0.05) is 19.8 Å². The Hall–Kier alpha value is -1.20. The van der Waals surface area contributed by atoms with Crippen molar-refractivity contribution < 1.29 is 4.74 Å². The van der Waals surface area contributed by atoms with Gasteiger partial charge in [0.05, 0.1) is 5.69 Å². The largest absolute Gasteiger partial charge is 0.388 e. The zero-order valence-electron chi connectivity index (χ0n) is 9.56. The number of hydrogen-bond acceptors (Lipinski definition) is 4. The van der Waals surface area contributed by atoms with Crippen molar-refractivity contribution in [3.63, 3.8) is 0 Å². The Morgan fingerprint density at radius 1 is 1.62 bits per heavy atom. The maximum atomic E-state index is 5.51. The molecule has 0 spiro atoms. The lowest BCUT2D eigenvalue weighted by molar-refractivity contribution is 0.191. The van der Waals surface area contributed by atoms with Crippen LogP contribution in [-0.4, -0.2) is 29.7 Å². The molecule has 1 aromatic heterocycles. The third-order valence-corrected chi connectivity index (χ3v) is 2.36. The first kappa shape index (κ1) is 12.9. The Morgan fingerprint density at radius 2 is 2.38 bits per heavy atom. The van der Waals surface area contributed by atoms with Crippen molar-refractivity contribution in [2.24, 2.45) is 5.73 Å². The standard InChI is InChI=1S/C11H17N3OS/c1-8(6-7-15-2)13-10-5-3-4-9(14-10)11(12)16/h3-5,8H,6-7H2,1-2H3,(H2,12,16)(H,13,14). The normalized spacial score (nSPS) is 12.1. The van der Waals surface area contributed by atoms with Crippen LogP contribution in [0.1, 0.15) is 19.0 Å². The van der Waals surface area contributed by atoms with Gasteiger partial charge in [-0.2, -0.15) is 0 Å². The molecule has 0 bridgehead atoms. The van der Waals surface area contributed by atoms with Gasteiger partial charge in [-0.1, -0.05) is 18.3 Å². The van der Waals surface area contributed by atoms with Gasteiger partial charge in [-0.25, -0.2) is 4.98 Å². The molecule has 1 rings (SSSR count). The van der Waals surface area contributed by atoms with E-state index >= 15 is 0 Å². The molecule has 0 aromatic carbocycles. The second kappa shape index (κ2) is 6.40. The van der Waals surface area contributed by atoms with E-state index in [-0.39, 0.29) is 0 Å². The number of nitrogens with zero attached hydrogens (tertiary/aromatic N) is 1. The first-order chi connectivity index (χ1) is 7.63. The molecule has 0 aliphatic rings. The van der Waals surface area contributed by atoms with Gasteiger partial charge in [0.25, 0.3) is 0 Å². The van der Waals surface area contributed by atoms with Crippen molar-refractivity contribution in [1.29, 1.82) is 0 Å². The molecule has 0 amide bonds. The first-order valence-corrected chi connectivity index (χ1v) is 5.56. The van der Waals surface area contributed by atoms with Gasteiger partial charge in [-0.05, 0) is 25.5 Å². The van der Waals surface area contributed by atoms with Crippen molar-refractivity contribution >= 4 is 23.0 Å². The number of methoxy groups -OCH3 is 1. The Labute approximate surface area is 101 Å². The zero-order valence-corrected chi connectivity index (χ0v) is 10.4. The summed E-state index contributed by atoms with van der Waals surface area (Å²) < 4.78 is 5.01. The van der Waals surface area contributed by atoms with Crippen molar-refractivity contribution in [3.8, 4) is 0 Å². The molecule has 0 aliphatic carbocycles. The summed E-state index contributed by atoms with van der Waals surface area (Å²) in [7, 11) is 1.69. The first-order valence-electron chi connectivity index (χ1n) is 5.16. The fraction of sp³-hybridized carbons (Fsp3) is 0.455. The van der Waals surface area contributed by atoms with Crippen LogP contribution >= 0.6 is 12.2 Å². The van der Waals surface area contributed by atoms with Crippen LogP contribution in [0.15, 0.2) is 18.2 Å². The van der Waals surface area contributed by atoms with Gasteiger partial charge in [0.2, 0.25) is 0 Å². The van der Waals surface area contributed by atoms with Crippen LogP contribution in [0.25, 0.3) is 0 Å². The van der Waals surface area contributed by atoms with E-state index < -0.39 is 0 Å². The van der Waals surface area contributed by atoms with Gasteiger partial charge in [0.1, 0.15) is 10.8 Å². The van der Waals surface area contributed by atoms with Crippen molar-refractivity contribution in [1.82, 2.24) is 4.98 Å². The third-order valence-electron chi connectivity index (χ3n) is 2.15. The molecule has 0 aliphatic heterocycles. The van der Waals surface area contributed by atoms with E-state index in [9.17, 15) is 0 Å². The molecule has 88 valence electrons. The van der Waals surface area contributed by atoms with E-state index in [4.69, 9.17) is 22.7 Å². The van der Waals surface area contributed by atoms with Crippen LogP contribution in [0.4, 0.5) is 5.82 Å². The highest BCUT2D eigenvalue weighted by Crippen LogP contribution is 2.07. The second-order valence-electron chi connectivity index (χ2n) is 3.60. The average Bonchev–Trinajstić information content (AvgIpc) is 2.26. The van der Waals surface area contributed by atoms with Crippen LogP contribution in [-0.2, 0) is 4.74 Å². The molecule has 1 atom stereocenters. The zero-order chi connectivity index (χ0) is 12.0. The number of hydrogen-bond donors (Lipinski definition) is 2. The minimum Gasteiger partial charge on any atom is -0.388 e. The van der Waals surface area contributed by atoms with Gasteiger partial charge >= 0.3 is 0 Å². The summed E-state index contributed by atoms with van der Waals surface area (Å²) in [5, 5.41) is 3.27. The second-order valence-corrected chi connectivity index (χ2v) is 4.04. The molecular formula is C11H17N3OS. The summed E-state index contributed by atoms with van der Waals surface area (Å²) in [6.07, 6.45) is 0.926. The average molecular weight is 239 g/mol. The summed E-state index contributed by atoms with van der Waals surface area (Å²) in [5.74, 6) is 0.786. The lowest BCUT2D eigenvalue weighted by Crippen LogP contribution is -2.19. The number of nitrogens with two attached hydrogens (primary N) is 1. The summed E-state index contributed by atoms with van der Waals surface area (Å²) in [6.45, 7) is 2.80. The van der Waals surface area contributed by atoms with Gasteiger partial charge in [-0.15, -0.1) is 0 Å². The van der Waals surface area contributed by atoms with Crippen molar-refractivity contribution in [2.45, 2.75) is 19.4 Å². The van der Waals surface area contributed by atoms with E-state index in [1.54, 1.807) is 13.2 Å². The molecule has 0 saturated heterocycles. The lowest BCUT2D eigenvalue weighted by Gasteiger charge is -2.14. The Morgan fingerprint density at radius 3 is 3.00 bits per heavy atom. The van der Waals surface area contributed by atoms with E-state index in [2.05, 4.69) is 17.2 Å². The van der Waals surface area contributed by atoms with Gasteiger partial charge in [0.15, 0.2) is 0 Å². The third kappa shape index (κ3) is 4.12. The monoisotopic (exact) mass is 239 g/mol. The molecule has 0 fully saturated rings. The van der Waals surface area contributed by atoms with Crippen LogP contribution in [0, 0.1) is 0 Å². The van der Waals surface area contributed by atoms with Crippen LogP contribution in [0.5, 0.6) is 0 Å². The number of aromatic nitrogens is 1. The van der Waals surface area contributed by atoms with Gasteiger partial charge in [-0.3, -0.25) is 0 Å². The maximum Gasteiger partial charge on any atom is 0.126 e. The minimum absolute atomic E-state index is 0.300. The number of ether oxygens (including phenoxy) is 1. The summed E-state index contributed by atoms with van der Waals surface area (Å²) in [6, 6.07) is 5.87. The molecule has 4 nitrogen and oxygen atoms in total. The number of thiocarbonyl (C=S) groups is 1. The summed E-state index contributed by atoms with van der Waals surface area (Å²) >= 11 is 4.87. The van der Waals surface area contributed by atoms with E-state index in [0.717, 1.165) is 18.8 Å². The number of anilines is 1. The van der Waals surface area contributed by atoms with E-state index in [1.165, 1.54) is 0 Å². The Kier molecular flexibility index (Phi) is 5.14. The fourth-order valence-corrected chi connectivity index (χ4v) is 1.39. The number of rotatable bonds is 6. The Balaban J connectivity index is 2.59. The molecule has 16 heavy (non-hydrogen) atoms. The fourth-order valence-electron chi connectivity index (χ4n) is 1.27. The molecule has 5 heteroatoms. The smallest absolute Gasteiger partial charge is 0.126 e. The maximum absolute atomic E-state index is 5.51. The Bertz CT molecular complexity index is 357. The predicted molar refractivity (Wildman–Crippen MR) is 69.7 cm³/mol. The van der Waals surface area contributed by atoms with Gasteiger partial charge < -0.3 is 15.8 Å². The SMILES string of the molecule is COCCC(C)Nc1cccc(C(N)=S)n1. The quantitative estimate of drug-likeness (QED) is 0.738. The van der Waals surface area contributed by atoms with E-state index in [0.29, 0.717) is 16.7 Å². The number of pyridine rings is 1. The molecular weight excluding hydrogens is 222 g/mol. The minimum atomic E-state index is 0.300. The highest BCUT2D eigenvalue weighted by atomic mass is 32.1. The molecule has 1 heterocycles. The molecule has 0 saturated carbocycles. The van der Waals surface area contributed by atoms with Crippen LogP contribution in [0.3, 0.4) is 0 Å². The molecule has 1 unspecified atom stereocenters. The highest BCUT2D eigenvalue weighted by molar-refractivity contribution is 7.80.